The summed E-state index contributed by atoms with van der Waals surface area (Å²) in [4.78, 5) is 43.2. The van der Waals surface area contributed by atoms with Crippen molar-refractivity contribution < 1.29 is 23.9 Å². The summed E-state index contributed by atoms with van der Waals surface area (Å²) in [5.41, 5.74) is 5.03. The summed E-state index contributed by atoms with van der Waals surface area (Å²) < 4.78 is 10.6. The van der Waals surface area contributed by atoms with Crippen molar-refractivity contribution in [3.05, 3.63) is 89.7 Å². The molecule has 1 heterocycles. The Morgan fingerprint density at radius 2 is 1.50 bits per heavy atom. The van der Waals surface area contributed by atoms with Crippen LogP contribution in [0.25, 0.3) is 11.1 Å². The third-order valence-electron chi connectivity index (χ3n) is 7.08. The first-order chi connectivity index (χ1) is 19.2. The zero-order valence-corrected chi connectivity index (χ0v) is 23.5. The summed E-state index contributed by atoms with van der Waals surface area (Å²) in [7, 11) is 1.29. The number of rotatable bonds is 10. The lowest BCUT2D eigenvalue weighted by molar-refractivity contribution is -0.145. The minimum absolute atomic E-state index is 0.0378. The smallest absolute Gasteiger partial charge is 0.407 e. The standard InChI is InChI=1S/C32H37N3O5/c1-32(2,3)17-16-27(30(37)39-4)34-29(36)28(19-21-11-9-10-18-33-21)35-31(38)40-20-26-24-14-7-5-12-22(24)23-13-6-8-15-25(23)26/h5-15,18,26-28H,16-17,19-20H2,1-4H3,(H,34,36)(H,35,38)/t27-,28-/m0/s1. The molecule has 4 rings (SSSR count). The maximum absolute atomic E-state index is 13.4. The van der Waals surface area contributed by atoms with Crippen LogP contribution in [0.5, 0.6) is 0 Å². The third-order valence-corrected chi connectivity index (χ3v) is 7.08. The number of hydrogen-bond donors (Lipinski definition) is 2. The highest BCUT2D eigenvalue weighted by atomic mass is 16.5. The van der Waals surface area contributed by atoms with Crippen LogP contribution in [0.2, 0.25) is 0 Å². The Labute approximate surface area is 235 Å². The molecule has 0 bridgehead atoms. The van der Waals surface area contributed by atoms with E-state index in [0.29, 0.717) is 18.5 Å². The van der Waals surface area contributed by atoms with Gasteiger partial charge >= 0.3 is 12.1 Å². The highest BCUT2D eigenvalue weighted by Gasteiger charge is 2.31. The van der Waals surface area contributed by atoms with Gasteiger partial charge in [0.15, 0.2) is 0 Å². The summed E-state index contributed by atoms with van der Waals surface area (Å²) in [6, 6.07) is 19.7. The number of hydrogen-bond acceptors (Lipinski definition) is 6. The van der Waals surface area contributed by atoms with Gasteiger partial charge in [-0.3, -0.25) is 9.78 Å². The van der Waals surface area contributed by atoms with E-state index in [1.54, 1.807) is 18.3 Å². The highest BCUT2D eigenvalue weighted by molar-refractivity contribution is 5.90. The molecule has 2 aromatic carbocycles. The molecule has 1 aliphatic rings. The number of amides is 2. The van der Waals surface area contributed by atoms with Crippen molar-refractivity contribution in [2.75, 3.05) is 13.7 Å². The maximum atomic E-state index is 13.4. The molecule has 8 nitrogen and oxygen atoms in total. The fourth-order valence-corrected chi connectivity index (χ4v) is 4.96. The Balaban J connectivity index is 1.46. The van der Waals surface area contributed by atoms with Crippen molar-refractivity contribution in [2.45, 2.75) is 58.0 Å². The highest BCUT2D eigenvalue weighted by Crippen LogP contribution is 2.44. The molecule has 0 saturated carbocycles. The Morgan fingerprint density at radius 3 is 2.08 bits per heavy atom. The normalized spacial score (nSPS) is 13.9. The number of aromatic nitrogens is 1. The number of nitrogens with one attached hydrogen (secondary N) is 2. The fraction of sp³-hybridized carbons (Fsp3) is 0.375. The Morgan fingerprint density at radius 1 is 0.875 bits per heavy atom. The average molecular weight is 544 g/mol. The summed E-state index contributed by atoms with van der Waals surface area (Å²) >= 11 is 0. The average Bonchev–Trinajstić information content (AvgIpc) is 3.27. The lowest BCUT2D eigenvalue weighted by Crippen LogP contribution is -2.53. The number of alkyl carbamates (subject to hydrolysis) is 1. The maximum Gasteiger partial charge on any atom is 0.407 e. The van der Waals surface area contributed by atoms with Crippen molar-refractivity contribution in [1.82, 2.24) is 15.6 Å². The first kappa shape index (κ1) is 28.8. The van der Waals surface area contributed by atoms with Gasteiger partial charge in [-0.2, -0.15) is 0 Å². The molecule has 40 heavy (non-hydrogen) atoms. The van der Waals surface area contributed by atoms with Crippen LogP contribution in [0, 0.1) is 5.41 Å². The summed E-state index contributed by atoms with van der Waals surface area (Å²) in [5.74, 6) is -1.15. The molecule has 0 radical (unpaired) electrons. The van der Waals surface area contributed by atoms with Crippen molar-refractivity contribution in [3.8, 4) is 11.1 Å². The van der Waals surface area contributed by atoms with Gasteiger partial charge < -0.3 is 20.1 Å². The van der Waals surface area contributed by atoms with E-state index in [4.69, 9.17) is 9.47 Å². The molecule has 8 heteroatoms. The van der Waals surface area contributed by atoms with Crippen LogP contribution in [0.3, 0.4) is 0 Å². The molecular formula is C32H37N3O5. The molecule has 2 atom stereocenters. The van der Waals surface area contributed by atoms with E-state index in [1.165, 1.54) is 7.11 Å². The lowest BCUT2D eigenvalue weighted by Gasteiger charge is -2.25. The van der Waals surface area contributed by atoms with Gasteiger partial charge in [-0.05, 0) is 52.6 Å². The summed E-state index contributed by atoms with van der Waals surface area (Å²) in [6.07, 6.45) is 2.13. The molecule has 2 amide bonds. The van der Waals surface area contributed by atoms with Gasteiger partial charge in [-0.25, -0.2) is 9.59 Å². The number of carbonyl (C=O) groups excluding carboxylic acids is 3. The monoisotopic (exact) mass is 543 g/mol. The van der Waals surface area contributed by atoms with E-state index in [1.807, 2.05) is 42.5 Å². The van der Waals surface area contributed by atoms with Gasteiger partial charge in [-0.1, -0.05) is 75.4 Å². The number of ether oxygens (including phenoxy) is 2. The second kappa shape index (κ2) is 12.8. The number of fused-ring (bicyclic) bond motifs is 3. The molecule has 1 aromatic heterocycles. The molecule has 0 unspecified atom stereocenters. The van der Waals surface area contributed by atoms with Gasteiger partial charge in [0.25, 0.3) is 0 Å². The van der Waals surface area contributed by atoms with Gasteiger partial charge in [-0.15, -0.1) is 0 Å². The van der Waals surface area contributed by atoms with Crippen LogP contribution in [-0.4, -0.2) is 48.8 Å². The molecule has 0 saturated heterocycles. The number of carbonyl (C=O) groups is 3. The van der Waals surface area contributed by atoms with Gasteiger partial charge in [0, 0.05) is 24.2 Å². The van der Waals surface area contributed by atoms with E-state index in [-0.39, 0.29) is 24.4 Å². The zero-order chi connectivity index (χ0) is 28.7. The largest absolute Gasteiger partial charge is 0.467 e. The van der Waals surface area contributed by atoms with Crippen molar-refractivity contribution in [1.29, 1.82) is 0 Å². The van der Waals surface area contributed by atoms with Crippen LogP contribution in [0.4, 0.5) is 4.79 Å². The van der Waals surface area contributed by atoms with Crippen molar-refractivity contribution >= 4 is 18.0 Å². The van der Waals surface area contributed by atoms with Crippen LogP contribution in [0.1, 0.15) is 56.4 Å². The summed E-state index contributed by atoms with van der Waals surface area (Å²) in [5, 5.41) is 5.48. The zero-order valence-electron chi connectivity index (χ0n) is 23.5. The molecule has 210 valence electrons. The first-order valence-corrected chi connectivity index (χ1v) is 13.6. The van der Waals surface area contributed by atoms with E-state index < -0.39 is 30.1 Å². The van der Waals surface area contributed by atoms with E-state index >= 15 is 0 Å². The third kappa shape index (κ3) is 7.25. The molecule has 0 spiro atoms. The van der Waals surface area contributed by atoms with E-state index in [0.717, 1.165) is 22.3 Å². The molecule has 0 fully saturated rings. The Kier molecular flexibility index (Phi) is 9.19. The van der Waals surface area contributed by atoms with E-state index in [2.05, 4.69) is 48.5 Å². The quantitative estimate of drug-likeness (QED) is 0.348. The van der Waals surface area contributed by atoms with Crippen LogP contribution in [-0.2, 0) is 25.5 Å². The topological polar surface area (TPSA) is 107 Å². The van der Waals surface area contributed by atoms with Crippen LogP contribution in [0.15, 0.2) is 72.9 Å². The fourth-order valence-electron chi connectivity index (χ4n) is 4.96. The molecule has 1 aliphatic carbocycles. The number of nitrogens with zero attached hydrogens (tertiary/aromatic N) is 1. The van der Waals surface area contributed by atoms with Crippen LogP contribution < -0.4 is 10.6 Å². The minimum Gasteiger partial charge on any atom is -0.467 e. The predicted molar refractivity (Wildman–Crippen MR) is 153 cm³/mol. The second-order valence-electron chi connectivity index (χ2n) is 11.2. The predicted octanol–water partition coefficient (Wildman–Crippen LogP) is 5.02. The SMILES string of the molecule is COC(=O)[C@H](CCC(C)(C)C)NC(=O)[C@H](Cc1ccccn1)NC(=O)OCC1c2ccccc2-c2ccccc21. The van der Waals surface area contributed by atoms with Gasteiger partial charge in [0.05, 0.1) is 7.11 Å². The number of esters is 1. The second-order valence-corrected chi connectivity index (χ2v) is 11.2. The molecule has 2 N–H and O–H groups in total. The molecule has 0 aliphatic heterocycles. The minimum atomic E-state index is -1.01. The molecule has 3 aromatic rings. The Hall–Kier alpha value is -4.20. The van der Waals surface area contributed by atoms with E-state index in [9.17, 15) is 14.4 Å². The number of pyridine rings is 1. The number of methoxy groups -OCH3 is 1. The summed E-state index contributed by atoms with van der Waals surface area (Å²) in [6.45, 7) is 6.30. The molecular weight excluding hydrogens is 506 g/mol. The van der Waals surface area contributed by atoms with Crippen molar-refractivity contribution in [3.63, 3.8) is 0 Å². The van der Waals surface area contributed by atoms with Crippen molar-refractivity contribution in [2.24, 2.45) is 5.41 Å². The van der Waals surface area contributed by atoms with Gasteiger partial charge in [0.1, 0.15) is 18.7 Å². The van der Waals surface area contributed by atoms with Crippen LogP contribution >= 0.6 is 0 Å². The lowest BCUT2D eigenvalue weighted by atomic mass is 9.88. The number of benzene rings is 2. The first-order valence-electron chi connectivity index (χ1n) is 13.6. The Bertz CT molecular complexity index is 1290. The van der Waals surface area contributed by atoms with Gasteiger partial charge in [0.2, 0.25) is 5.91 Å².